The third kappa shape index (κ3) is 3.56. The van der Waals surface area contributed by atoms with Crippen LogP contribution in [-0.4, -0.2) is 34.1 Å². The second kappa shape index (κ2) is 6.19. The van der Waals surface area contributed by atoms with E-state index in [9.17, 15) is 19.7 Å². The summed E-state index contributed by atoms with van der Waals surface area (Å²) in [4.78, 5) is 33.1. The number of nitrogens with zero attached hydrogens (tertiary/aromatic N) is 1. The minimum absolute atomic E-state index is 0.0376. The number of benzene rings is 1. The average molecular weight is 359 g/mol. The summed E-state index contributed by atoms with van der Waals surface area (Å²) in [7, 11) is 0. The van der Waals surface area contributed by atoms with Gasteiger partial charge in [0.2, 0.25) is 0 Å². The van der Waals surface area contributed by atoms with E-state index in [1.165, 1.54) is 12.1 Å². The van der Waals surface area contributed by atoms with E-state index in [0.29, 0.717) is 4.47 Å². The van der Waals surface area contributed by atoms with Gasteiger partial charge in [-0.15, -0.1) is 0 Å². The maximum atomic E-state index is 12.0. The second-order valence-electron chi connectivity index (χ2n) is 4.44. The van der Waals surface area contributed by atoms with Crippen LogP contribution < -0.4 is 5.32 Å². The van der Waals surface area contributed by atoms with Crippen molar-refractivity contribution in [2.24, 2.45) is 0 Å². The maximum absolute atomic E-state index is 12.0. The number of carbonyl (C=O) groups is 2. The molecule has 0 radical (unpaired) electrons. The van der Waals surface area contributed by atoms with Gasteiger partial charge in [0.05, 0.1) is 4.92 Å². The number of carbonyl (C=O) groups excluding carboxylic acids is 1. The molecule has 9 heteroatoms. The topological polar surface area (TPSA) is 119 Å². The number of anilines is 1. The zero-order valence-electron chi connectivity index (χ0n) is 10.6. The molecule has 21 heavy (non-hydrogen) atoms. The van der Waals surface area contributed by atoms with E-state index < -0.39 is 29.0 Å². The van der Waals surface area contributed by atoms with Crippen molar-refractivity contribution in [3.8, 4) is 0 Å². The molecule has 2 unspecified atom stereocenters. The van der Waals surface area contributed by atoms with Crippen LogP contribution in [0.2, 0.25) is 0 Å². The summed E-state index contributed by atoms with van der Waals surface area (Å²) >= 11 is 3.11. The minimum atomic E-state index is -1.13. The number of ether oxygens (including phenoxy) is 1. The number of carboxylic acids is 1. The van der Waals surface area contributed by atoms with Gasteiger partial charge in [0, 0.05) is 10.5 Å². The molecule has 2 atom stereocenters. The molecule has 1 amide bonds. The Hall–Kier alpha value is -2.00. The number of halogens is 1. The number of nitro benzene ring substituents is 1. The normalized spacial score (nSPS) is 21.0. The number of rotatable bonds is 4. The summed E-state index contributed by atoms with van der Waals surface area (Å²) in [6.07, 6.45) is -1.45. The molecule has 112 valence electrons. The second-order valence-corrected chi connectivity index (χ2v) is 5.35. The van der Waals surface area contributed by atoms with E-state index in [2.05, 4.69) is 21.2 Å². The van der Waals surface area contributed by atoms with Gasteiger partial charge in [-0.3, -0.25) is 14.9 Å². The largest absolute Gasteiger partial charge is 0.479 e. The zero-order valence-corrected chi connectivity index (χ0v) is 12.2. The lowest BCUT2D eigenvalue weighted by Crippen LogP contribution is -2.30. The van der Waals surface area contributed by atoms with Crippen molar-refractivity contribution >= 4 is 39.2 Å². The van der Waals surface area contributed by atoms with Crippen LogP contribution in [0.5, 0.6) is 0 Å². The summed E-state index contributed by atoms with van der Waals surface area (Å²) in [5.41, 5.74) is -0.221. The SMILES string of the molecule is O=C(O)C1CCC(C(=O)Nc2ccc(Br)cc2[N+](=O)[O-])O1. The quantitative estimate of drug-likeness (QED) is 0.626. The smallest absolute Gasteiger partial charge is 0.332 e. The maximum Gasteiger partial charge on any atom is 0.332 e. The van der Waals surface area contributed by atoms with Crippen LogP contribution in [0.4, 0.5) is 11.4 Å². The average Bonchev–Trinajstić information content (AvgIpc) is 2.90. The van der Waals surface area contributed by atoms with E-state index >= 15 is 0 Å². The van der Waals surface area contributed by atoms with Crippen molar-refractivity contribution in [3.63, 3.8) is 0 Å². The van der Waals surface area contributed by atoms with Gasteiger partial charge >= 0.3 is 5.97 Å². The van der Waals surface area contributed by atoms with Gasteiger partial charge in [0.25, 0.3) is 11.6 Å². The number of amides is 1. The highest BCUT2D eigenvalue weighted by molar-refractivity contribution is 9.10. The lowest BCUT2D eigenvalue weighted by atomic mass is 10.2. The van der Waals surface area contributed by atoms with Crippen molar-refractivity contribution in [2.75, 3.05) is 5.32 Å². The molecular formula is C12H11BrN2O6. The first-order chi connectivity index (χ1) is 9.88. The zero-order chi connectivity index (χ0) is 15.6. The van der Waals surface area contributed by atoms with Gasteiger partial charge in [-0.2, -0.15) is 0 Å². The summed E-state index contributed by atoms with van der Waals surface area (Å²) < 4.78 is 5.60. The van der Waals surface area contributed by atoms with E-state index in [1.807, 2.05) is 0 Å². The fraction of sp³-hybridized carbons (Fsp3) is 0.333. The first-order valence-corrected chi connectivity index (χ1v) is 6.81. The third-order valence-corrected chi connectivity index (χ3v) is 3.50. The molecule has 8 nitrogen and oxygen atoms in total. The lowest BCUT2D eigenvalue weighted by molar-refractivity contribution is -0.384. The van der Waals surface area contributed by atoms with Crippen molar-refractivity contribution in [1.82, 2.24) is 0 Å². The molecule has 1 aliphatic rings. The molecule has 2 N–H and O–H groups in total. The van der Waals surface area contributed by atoms with Crippen LogP contribution >= 0.6 is 15.9 Å². The molecule has 0 aromatic heterocycles. The fourth-order valence-corrected chi connectivity index (χ4v) is 2.34. The molecule has 1 heterocycles. The molecule has 1 aromatic carbocycles. The molecule has 1 fully saturated rings. The molecule has 2 rings (SSSR count). The Bertz CT molecular complexity index is 605. The van der Waals surface area contributed by atoms with Crippen molar-refractivity contribution < 1.29 is 24.4 Å². The summed E-state index contributed by atoms with van der Waals surface area (Å²) in [6.45, 7) is 0. The monoisotopic (exact) mass is 358 g/mol. The van der Waals surface area contributed by atoms with Crippen LogP contribution in [-0.2, 0) is 14.3 Å². The van der Waals surface area contributed by atoms with Gasteiger partial charge in [0.1, 0.15) is 11.8 Å². The van der Waals surface area contributed by atoms with Gasteiger partial charge in [-0.1, -0.05) is 15.9 Å². The Kier molecular flexibility index (Phi) is 4.53. The van der Waals surface area contributed by atoms with Crippen LogP contribution in [0.1, 0.15) is 12.8 Å². The molecule has 1 saturated heterocycles. The number of aliphatic carboxylic acids is 1. The van der Waals surface area contributed by atoms with Gasteiger partial charge in [-0.25, -0.2) is 4.79 Å². The summed E-state index contributed by atoms with van der Waals surface area (Å²) in [5.74, 6) is -1.72. The van der Waals surface area contributed by atoms with Crippen LogP contribution in [0.25, 0.3) is 0 Å². The predicted octanol–water partition coefficient (Wildman–Crippen LogP) is 1.93. The van der Waals surface area contributed by atoms with Crippen molar-refractivity contribution in [1.29, 1.82) is 0 Å². The van der Waals surface area contributed by atoms with E-state index in [-0.39, 0.29) is 24.2 Å². The number of nitro groups is 1. The van der Waals surface area contributed by atoms with Gasteiger partial charge in [0.15, 0.2) is 6.10 Å². The van der Waals surface area contributed by atoms with Gasteiger partial charge in [-0.05, 0) is 25.0 Å². The molecular weight excluding hydrogens is 348 g/mol. The van der Waals surface area contributed by atoms with Gasteiger partial charge < -0.3 is 15.2 Å². The van der Waals surface area contributed by atoms with Crippen LogP contribution in [0.15, 0.2) is 22.7 Å². The minimum Gasteiger partial charge on any atom is -0.479 e. The number of hydrogen-bond donors (Lipinski definition) is 2. The van der Waals surface area contributed by atoms with Crippen LogP contribution in [0.3, 0.4) is 0 Å². The summed E-state index contributed by atoms with van der Waals surface area (Å²) in [6, 6.07) is 4.22. The lowest BCUT2D eigenvalue weighted by Gasteiger charge is -2.12. The standard InChI is InChI=1S/C12H11BrN2O6/c13-6-1-2-7(8(5-6)15(19)20)14-11(16)9-3-4-10(21-9)12(17)18/h1-2,5,9-10H,3-4H2,(H,14,16)(H,17,18). The molecule has 0 aliphatic carbocycles. The molecule has 0 spiro atoms. The molecule has 0 saturated carbocycles. The molecule has 1 aromatic rings. The Morgan fingerprint density at radius 3 is 2.62 bits per heavy atom. The first kappa shape index (κ1) is 15.4. The number of carboxylic acid groups (broad SMARTS) is 1. The van der Waals surface area contributed by atoms with Crippen molar-refractivity contribution in [3.05, 3.63) is 32.8 Å². The highest BCUT2D eigenvalue weighted by atomic mass is 79.9. The number of hydrogen-bond acceptors (Lipinski definition) is 5. The summed E-state index contributed by atoms with van der Waals surface area (Å²) in [5, 5.41) is 22.1. The Labute approximate surface area is 127 Å². The van der Waals surface area contributed by atoms with Crippen LogP contribution in [0, 0.1) is 10.1 Å². The Morgan fingerprint density at radius 2 is 2.05 bits per heavy atom. The van der Waals surface area contributed by atoms with E-state index in [0.717, 1.165) is 0 Å². The first-order valence-electron chi connectivity index (χ1n) is 6.01. The molecule has 1 aliphatic heterocycles. The Morgan fingerprint density at radius 1 is 1.38 bits per heavy atom. The number of nitrogens with one attached hydrogen (secondary N) is 1. The highest BCUT2D eigenvalue weighted by Gasteiger charge is 2.35. The van der Waals surface area contributed by atoms with E-state index in [1.54, 1.807) is 6.07 Å². The molecule has 0 bridgehead atoms. The Balaban J connectivity index is 2.10. The fourth-order valence-electron chi connectivity index (χ4n) is 1.99. The predicted molar refractivity (Wildman–Crippen MR) is 75.0 cm³/mol. The van der Waals surface area contributed by atoms with Crippen molar-refractivity contribution in [2.45, 2.75) is 25.0 Å². The van der Waals surface area contributed by atoms with E-state index in [4.69, 9.17) is 9.84 Å². The third-order valence-electron chi connectivity index (χ3n) is 3.00. The highest BCUT2D eigenvalue weighted by Crippen LogP contribution is 2.29.